The number of rotatable bonds is 6. The Morgan fingerprint density at radius 3 is 2.33 bits per heavy atom. The van der Waals surface area contributed by atoms with Crippen molar-refractivity contribution in [3.05, 3.63) is 107 Å². The van der Waals surface area contributed by atoms with E-state index in [4.69, 9.17) is 24.7 Å². The van der Waals surface area contributed by atoms with Gasteiger partial charge in [-0.2, -0.15) is 0 Å². The van der Waals surface area contributed by atoms with Crippen molar-refractivity contribution in [1.29, 1.82) is 0 Å². The lowest BCUT2D eigenvalue weighted by Crippen LogP contribution is -2.61. The Labute approximate surface area is 327 Å². The van der Waals surface area contributed by atoms with Crippen LogP contribution in [0.4, 0.5) is 0 Å². The summed E-state index contributed by atoms with van der Waals surface area (Å²) in [6, 6.07) is -1.11. The highest BCUT2D eigenvalue weighted by molar-refractivity contribution is 5.94. The van der Waals surface area contributed by atoms with Gasteiger partial charge in [-0.25, -0.2) is 0 Å². The molecule has 0 aromatic rings. The summed E-state index contributed by atoms with van der Waals surface area (Å²) < 4.78 is 23.7. The Balaban J connectivity index is 1.87. The molecule has 11 nitrogen and oxygen atoms in total. The summed E-state index contributed by atoms with van der Waals surface area (Å²) in [6.07, 6.45) is 21.1. The first kappa shape index (κ1) is 45.9. The number of ketones is 1. The number of hydrogen-bond acceptors (Lipinski definition) is 10. The summed E-state index contributed by atoms with van der Waals surface area (Å²) in [5.74, 6) is -0.222. The van der Waals surface area contributed by atoms with E-state index in [1.165, 1.54) is 13.8 Å². The molecule has 2 saturated heterocycles. The average molecular weight is 765 g/mol. The molecule has 3 heterocycles. The van der Waals surface area contributed by atoms with Crippen LogP contribution in [0.25, 0.3) is 0 Å². The van der Waals surface area contributed by atoms with Gasteiger partial charge >= 0.3 is 0 Å². The first-order valence-corrected chi connectivity index (χ1v) is 19.2. The van der Waals surface area contributed by atoms with Gasteiger partial charge in [-0.15, -0.1) is 0 Å². The van der Waals surface area contributed by atoms with E-state index >= 15 is 0 Å². The molecular formula is C44H64N2O9. The van der Waals surface area contributed by atoms with Gasteiger partial charge in [0.25, 0.3) is 0 Å². The molecule has 0 saturated carbocycles. The van der Waals surface area contributed by atoms with Gasteiger partial charge in [0, 0.05) is 18.0 Å². The Morgan fingerprint density at radius 2 is 1.64 bits per heavy atom. The van der Waals surface area contributed by atoms with Crippen molar-refractivity contribution in [1.82, 2.24) is 5.32 Å². The van der Waals surface area contributed by atoms with Crippen molar-refractivity contribution in [2.24, 2.45) is 11.7 Å². The molecule has 0 aromatic carbocycles. The Morgan fingerprint density at radius 1 is 0.945 bits per heavy atom. The molecule has 10 atom stereocenters. The lowest BCUT2D eigenvalue weighted by atomic mass is 9.90. The standard InChI is InChI=1S/C44H64N2O9/c1-28(2)24-34-25-31(5)17-11-10-14-23-43(8,50)36(20-13-12-16-29(3)18-15-19-30(4)21-22-32(6)46-41(34)49)55-42-38(45)39(47)35(27-52-42)54-37-26-44(9,51)40(48)33(7)53-37/h10-21,23,25,28,32-33,35-39,42,47,50-51H,22,24,26-27,45H2,1-9H3,(H,46,49)/b11-10-,16-12-,19-15-,20-13+,23-14+,29-18-,30-21-,31-17-,34-25-/t32-,33+,35+,36-,37-,38+,39-,42-,43+,44+/m0/s1. The van der Waals surface area contributed by atoms with E-state index < -0.39 is 60.0 Å². The molecule has 0 aliphatic carbocycles. The van der Waals surface area contributed by atoms with Crippen LogP contribution in [-0.2, 0) is 28.5 Å². The molecule has 0 radical (unpaired) electrons. The number of aliphatic hydroxyl groups is 3. The minimum Gasteiger partial charge on any atom is -0.388 e. The van der Waals surface area contributed by atoms with Gasteiger partial charge in [0.15, 0.2) is 18.4 Å². The van der Waals surface area contributed by atoms with Crippen LogP contribution < -0.4 is 11.1 Å². The highest BCUT2D eigenvalue weighted by atomic mass is 16.7. The van der Waals surface area contributed by atoms with E-state index in [-0.39, 0.29) is 25.0 Å². The molecule has 0 spiro atoms. The lowest BCUT2D eigenvalue weighted by molar-refractivity contribution is -0.295. The van der Waals surface area contributed by atoms with E-state index in [0.29, 0.717) is 24.3 Å². The quantitative estimate of drug-likeness (QED) is 0.233. The number of ether oxygens (including phenoxy) is 4. The number of amides is 1. The van der Waals surface area contributed by atoms with Crippen LogP contribution in [0.3, 0.4) is 0 Å². The monoisotopic (exact) mass is 764 g/mol. The number of carbonyl (C=O) groups is 2. The van der Waals surface area contributed by atoms with Crippen molar-refractivity contribution in [3.8, 4) is 0 Å². The Kier molecular flexibility index (Phi) is 17.6. The van der Waals surface area contributed by atoms with Crippen LogP contribution in [0.2, 0.25) is 0 Å². The summed E-state index contributed by atoms with van der Waals surface area (Å²) in [5, 5.41) is 36.5. The summed E-state index contributed by atoms with van der Waals surface area (Å²) in [6.45, 7) is 16.5. The lowest BCUT2D eigenvalue weighted by Gasteiger charge is -2.43. The molecular weight excluding hydrogens is 700 g/mol. The maximum Gasteiger partial charge on any atom is 0.247 e. The fraction of sp³-hybridized carbons (Fsp3) is 0.545. The number of allylic oxidation sites excluding steroid dienone is 14. The zero-order valence-electron chi connectivity index (χ0n) is 34.0. The zero-order valence-corrected chi connectivity index (χ0v) is 34.0. The molecule has 11 heteroatoms. The third-order valence-corrected chi connectivity index (χ3v) is 9.50. The van der Waals surface area contributed by atoms with Crippen molar-refractivity contribution >= 4 is 11.7 Å². The number of aliphatic hydroxyl groups excluding tert-OH is 1. The molecule has 0 unspecified atom stereocenters. The van der Waals surface area contributed by atoms with Gasteiger partial charge in [-0.1, -0.05) is 116 Å². The van der Waals surface area contributed by atoms with Crippen LogP contribution in [0, 0.1) is 5.92 Å². The van der Waals surface area contributed by atoms with E-state index in [9.17, 15) is 24.9 Å². The Bertz CT molecular complexity index is 1590. The predicted molar refractivity (Wildman–Crippen MR) is 215 cm³/mol. The molecule has 3 aliphatic heterocycles. The van der Waals surface area contributed by atoms with Crippen LogP contribution in [0.15, 0.2) is 107 Å². The third-order valence-electron chi connectivity index (χ3n) is 9.50. The fourth-order valence-corrected chi connectivity index (χ4v) is 6.24. The van der Waals surface area contributed by atoms with E-state index in [1.54, 1.807) is 37.3 Å². The molecule has 0 aromatic heterocycles. The topological polar surface area (TPSA) is 170 Å². The number of hydrogen-bond donors (Lipinski definition) is 5. The number of nitrogens with two attached hydrogens (primary N) is 1. The normalized spacial score (nSPS) is 41.8. The fourth-order valence-electron chi connectivity index (χ4n) is 6.24. The molecule has 55 heavy (non-hydrogen) atoms. The first-order chi connectivity index (χ1) is 25.8. The van der Waals surface area contributed by atoms with Crippen LogP contribution in [-0.4, -0.2) is 93.9 Å². The van der Waals surface area contributed by atoms with Gasteiger partial charge in [0.05, 0.1) is 12.6 Å². The smallest absolute Gasteiger partial charge is 0.247 e. The molecule has 1 amide bonds. The molecule has 3 rings (SSSR count). The van der Waals surface area contributed by atoms with Crippen LogP contribution in [0.1, 0.15) is 81.6 Å². The summed E-state index contributed by atoms with van der Waals surface area (Å²) in [7, 11) is 0. The van der Waals surface area contributed by atoms with Crippen molar-refractivity contribution < 1.29 is 43.9 Å². The number of Topliss-reactive ketones (excluding diaryl/α,β-unsaturated/α-hetero) is 1. The largest absolute Gasteiger partial charge is 0.388 e. The second-order valence-corrected chi connectivity index (χ2v) is 15.8. The summed E-state index contributed by atoms with van der Waals surface area (Å²) in [5.41, 5.74) is 6.92. The summed E-state index contributed by atoms with van der Waals surface area (Å²) in [4.78, 5) is 25.5. The summed E-state index contributed by atoms with van der Waals surface area (Å²) >= 11 is 0. The highest BCUT2D eigenvalue weighted by Crippen LogP contribution is 2.30. The van der Waals surface area contributed by atoms with Crippen LogP contribution in [0.5, 0.6) is 0 Å². The third kappa shape index (κ3) is 14.8. The number of nitrogens with one attached hydrogen (secondary N) is 1. The molecule has 6 N–H and O–H groups in total. The second-order valence-electron chi connectivity index (χ2n) is 15.8. The van der Waals surface area contributed by atoms with Gasteiger partial charge < -0.3 is 45.3 Å². The number of carbonyl (C=O) groups excluding carboxylic acids is 2. The van der Waals surface area contributed by atoms with Gasteiger partial charge in [0.2, 0.25) is 5.91 Å². The molecule has 304 valence electrons. The minimum atomic E-state index is -1.63. The highest BCUT2D eigenvalue weighted by Gasteiger charge is 2.47. The van der Waals surface area contributed by atoms with Gasteiger partial charge in [0.1, 0.15) is 35.6 Å². The van der Waals surface area contributed by atoms with Crippen molar-refractivity contribution in [2.75, 3.05) is 6.61 Å². The van der Waals surface area contributed by atoms with Gasteiger partial charge in [-0.05, 0) is 67.2 Å². The SMILES string of the molecule is CC1=C/C=C\C(C)=C/C[C@H](C)NC(=O)\C(CC(C)C)=C/C(C)=C\C=C/C=C/[C@@](C)(O)[C@@H](O[C@@H]2OC[C@@H](O[C@H]3C[C@@](C)(O)C(=O)[C@@H](C)O3)[C@H](O)[C@H]2N)/C=C/C=C\1. The Hall–Kier alpha value is -3.52. The molecule has 0 bridgehead atoms. The van der Waals surface area contributed by atoms with Crippen molar-refractivity contribution in [2.45, 2.75) is 142 Å². The van der Waals surface area contributed by atoms with E-state index in [1.807, 2.05) is 76.3 Å². The average Bonchev–Trinajstić information content (AvgIpc) is 3.09. The molecule has 3 aliphatic rings. The van der Waals surface area contributed by atoms with E-state index in [2.05, 4.69) is 25.2 Å². The second kappa shape index (κ2) is 21.1. The van der Waals surface area contributed by atoms with Gasteiger partial charge in [-0.3, -0.25) is 9.59 Å². The van der Waals surface area contributed by atoms with Crippen molar-refractivity contribution in [3.63, 3.8) is 0 Å². The minimum absolute atomic E-state index is 0.0330. The molecule has 2 fully saturated rings. The van der Waals surface area contributed by atoms with Crippen LogP contribution >= 0.6 is 0 Å². The maximum atomic E-state index is 13.3. The zero-order chi connectivity index (χ0) is 40.9. The van der Waals surface area contributed by atoms with E-state index in [0.717, 1.165) is 16.7 Å². The first-order valence-electron chi connectivity index (χ1n) is 19.2. The predicted octanol–water partition coefficient (Wildman–Crippen LogP) is 5.51. The maximum absolute atomic E-state index is 13.3.